The molecule has 0 bridgehead atoms. The third-order valence-corrected chi connectivity index (χ3v) is 5.01. The molecule has 3 N–H and O–H groups in total. The van der Waals surface area contributed by atoms with Crippen LogP contribution in [0.1, 0.15) is 24.4 Å². The normalized spacial score (nSPS) is 25.8. The number of rotatable bonds is 3. The number of piperidine rings is 1. The fourth-order valence-electron chi connectivity index (χ4n) is 3.73. The molecular weight excluding hydrogens is 319 g/mol. The first-order valence-corrected chi connectivity index (χ1v) is 8.01. The SMILES string of the molecule is CCc1nc(-c2cnc(N)c(C(F)(F)F)c2)cn1[C@H]1[C@@H]2CNC[C@@H]21. The zero-order valence-corrected chi connectivity index (χ0v) is 13.1. The van der Waals surface area contributed by atoms with Crippen LogP contribution in [0.3, 0.4) is 0 Å². The highest BCUT2D eigenvalue weighted by atomic mass is 19.4. The maximum atomic E-state index is 13.0. The lowest BCUT2D eigenvalue weighted by molar-refractivity contribution is -0.137. The van der Waals surface area contributed by atoms with Crippen LogP contribution >= 0.6 is 0 Å². The van der Waals surface area contributed by atoms with Crippen molar-refractivity contribution in [1.29, 1.82) is 0 Å². The predicted octanol–water partition coefficient (Wildman–Crippen LogP) is 2.50. The van der Waals surface area contributed by atoms with Crippen molar-refractivity contribution in [3.8, 4) is 11.3 Å². The minimum atomic E-state index is -4.53. The van der Waals surface area contributed by atoms with Crippen molar-refractivity contribution < 1.29 is 13.2 Å². The highest BCUT2D eigenvalue weighted by molar-refractivity contribution is 5.62. The Bertz CT molecular complexity index is 773. The monoisotopic (exact) mass is 337 g/mol. The summed E-state index contributed by atoms with van der Waals surface area (Å²) >= 11 is 0. The number of aromatic nitrogens is 3. The molecule has 8 heteroatoms. The first-order valence-electron chi connectivity index (χ1n) is 8.01. The number of pyridine rings is 1. The lowest BCUT2D eigenvalue weighted by atomic mass is 10.1. The molecule has 0 radical (unpaired) electrons. The van der Waals surface area contributed by atoms with Gasteiger partial charge in [-0.3, -0.25) is 0 Å². The molecule has 2 aromatic heterocycles. The molecule has 0 aromatic carbocycles. The van der Waals surface area contributed by atoms with Gasteiger partial charge in [-0.05, 0) is 17.9 Å². The average Bonchev–Trinajstić information content (AvgIpc) is 2.93. The summed E-state index contributed by atoms with van der Waals surface area (Å²) in [4.78, 5) is 8.24. The number of nitrogens with two attached hydrogens (primary N) is 1. The first kappa shape index (κ1) is 15.4. The molecule has 2 fully saturated rings. The van der Waals surface area contributed by atoms with Crippen molar-refractivity contribution in [2.45, 2.75) is 25.6 Å². The van der Waals surface area contributed by atoms with E-state index in [-0.39, 0.29) is 0 Å². The van der Waals surface area contributed by atoms with E-state index in [1.165, 1.54) is 6.20 Å². The summed E-state index contributed by atoms with van der Waals surface area (Å²) in [7, 11) is 0. The molecule has 4 rings (SSSR count). The Morgan fingerprint density at radius 3 is 2.67 bits per heavy atom. The van der Waals surface area contributed by atoms with Crippen LogP contribution in [0.15, 0.2) is 18.5 Å². The van der Waals surface area contributed by atoms with E-state index in [0.717, 1.165) is 31.4 Å². The molecule has 2 aliphatic rings. The molecule has 3 atom stereocenters. The summed E-state index contributed by atoms with van der Waals surface area (Å²) in [6.07, 6.45) is -0.582. The van der Waals surface area contributed by atoms with Crippen molar-refractivity contribution >= 4 is 5.82 Å². The van der Waals surface area contributed by atoms with Gasteiger partial charge in [-0.25, -0.2) is 9.97 Å². The van der Waals surface area contributed by atoms with Gasteiger partial charge in [-0.2, -0.15) is 13.2 Å². The number of imidazole rings is 1. The van der Waals surface area contributed by atoms with Crippen LogP contribution in [-0.4, -0.2) is 27.6 Å². The van der Waals surface area contributed by atoms with Gasteiger partial charge in [0.25, 0.3) is 0 Å². The Morgan fingerprint density at radius 2 is 2.04 bits per heavy atom. The van der Waals surface area contributed by atoms with E-state index < -0.39 is 17.6 Å². The molecule has 1 aliphatic carbocycles. The second kappa shape index (κ2) is 5.20. The summed E-state index contributed by atoms with van der Waals surface area (Å²) in [5.74, 6) is 1.60. The lowest BCUT2D eigenvalue weighted by Crippen LogP contribution is -2.17. The van der Waals surface area contributed by atoms with E-state index in [1.807, 2.05) is 13.1 Å². The highest BCUT2D eigenvalue weighted by Gasteiger charge is 2.54. The van der Waals surface area contributed by atoms with Crippen molar-refractivity contribution in [3.05, 3.63) is 29.8 Å². The standard InChI is InChI=1S/C16H18F3N5/c1-2-13-23-12(7-24(13)14-9-5-21-6-10(9)14)8-3-11(16(17,18)19)15(20)22-4-8/h3-4,7,9-10,14,21H,2,5-6H2,1H3,(H2,20,22)/t9-,10+,14+. The molecule has 5 nitrogen and oxygen atoms in total. The van der Waals surface area contributed by atoms with E-state index in [4.69, 9.17) is 5.73 Å². The summed E-state index contributed by atoms with van der Waals surface area (Å²) < 4.78 is 41.2. The molecule has 0 spiro atoms. The molecule has 24 heavy (non-hydrogen) atoms. The van der Waals surface area contributed by atoms with Crippen LogP contribution in [0.25, 0.3) is 11.3 Å². The summed E-state index contributed by atoms with van der Waals surface area (Å²) in [6.45, 7) is 3.99. The Balaban J connectivity index is 1.71. The van der Waals surface area contributed by atoms with Gasteiger partial charge >= 0.3 is 6.18 Å². The third-order valence-electron chi connectivity index (χ3n) is 5.01. The van der Waals surface area contributed by atoms with Gasteiger partial charge in [-0.15, -0.1) is 0 Å². The van der Waals surface area contributed by atoms with Crippen LogP contribution in [0.5, 0.6) is 0 Å². The number of hydrogen-bond acceptors (Lipinski definition) is 4. The van der Waals surface area contributed by atoms with Gasteiger partial charge in [0.15, 0.2) is 0 Å². The van der Waals surface area contributed by atoms with Crippen LogP contribution in [0.2, 0.25) is 0 Å². The Morgan fingerprint density at radius 1 is 1.33 bits per heavy atom. The zero-order chi connectivity index (χ0) is 17.1. The number of hydrogen-bond donors (Lipinski definition) is 2. The number of nitrogens with one attached hydrogen (secondary N) is 1. The quantitative estimate of drug-likeness (QED) is 0.903. The Kier molecular flexibility index (Phi) is 3.35. The molecule has 1 saturated heterocycles. The van der Waals surface area contributed by atoms with Gasteiger partial charge in [0.2, 0.25) is 0 Å². The van der Waals surface area contributed by atoms with Gasteiger partial charge in [0.1, 0.15) is 11.6 Å². The van der Waals surface area contributed by atoms with Crippen LogP contribution in [-0.2, 0) is 12.6 Å². The number of fused-ring (bicyclic) bond motifs is 1. The molecular formula is C16H18F3N5. The smallest absolute Gasteiger partial charge is 0.383 e. The predicted molar refractivity (Wildman–Crippen MR) is 83.1 cm³/mol. The van der Waals surface area contributed by atoms with Gasteiger partial charge < -0.3 is 15.6 Å². The van der Waals surface area contributed by atoms with Crippen LogP contribution in [0.4, 0.5) is 19.0 Å². The molecule has 0 unspecified atom stereocenters. The Labute approximate surface area is 137 Å². The first-order chi connectivity index (χ1) is 11.4. The van der Waals surface area contributed by atoms with Gasteiger partial charge in [0.05, 0.1) is 11.3 Å². The van der Waals surface area contributed by atoms with Crippen molar-refractivity contribution in [1.82, 2.24) is 19.9 Å². The molecule has 0 amide bonds. The summed E-state index contributed by atoms with van der Waals surface area (Å²) in [6, 6.07) is 1.44. The molecule has 2 aromatic rings. The van der Waals surface area contributed by atoms with Crippen molar-refractivity contribution in [2.75, 3.05) is 18.8 Å². The summed E-state index contributed by atoms with van der Waals surface area (Å²) in [5.41, 5.74) is 5.31. The van der Waals surface area contributed by atoms with Gasteiger partial charge in [-0.1, -0.05) is 6.92 Å². The number of aryl methyl sites for hydroxylation is 1. The molecule has 1 aliphatic heterocycles. The van der Waals surface area contributed by atoms with E-state index in [1.54, 1.807) is 0 Å². The number of nitrogen functional groups attached to an aromatic ring is 1. The fourth-order valence-corrected chi connectivity index (χ4v) is 3.73. The van der Waals surface area contributed by atoms with E-state index in [9.17, 15) is 13.2 Å². The maximum absolute atomic E-state index is 13.0. The van der Waals surface area contributed by atoms with E-state index in [0.29, 0.717) is 29.1 Å². The van der Waals surface area contributed by atoms with E-state index >= 15 is 0 Å². The fraction of sp³-hybridized carbons (Fsp3) is 0.500. The highest BCUT2D eigenvalue weighted by Crippen LogP contribution is 2.53. The Hall–Kier alpha value is -2.09. The van der Waals surface area contributed by atoms with Crippen LogP contribution < -0.4 is 11.1 Å². The third kappa shape index (κ3) is 2.36. The molecule has 128 valence electrons. The lowest BCUT2D eigenvalue weighted by Gasteiger charge is -2.10. The minimum Gasteiger partial charge on any atom is -0.383 e. The number of alkyl halides is 3. The van der Waals surface area contributed by atoms with Crippen LogP contribution in [0, 0.1) is 11.8 Å². The molecule has 3 heterocycles. The number of halogens is 3. The molecule has 1 saturated carbocycles. The zero-order valence-electron chi connectivity index (χ0n) is 13.1. The van der Waals surface area contributed by atoms with Gasteiger partial charge in [0, 0.05) is 43.5 Å². The largest absolute Gasteiger partial charge is 0.419 e. The second-order valence-corrected chi connectivity index (χ2v) is 6.43. The van der Waals surface area contributed by atoms with E-state index in [2.05, 4.69) is 19.9 Å². The number of anilines is 1. The van der Waals surface area contributed by atoms with Crippen molar-refractivity contribution in [3.63, 3.8) is 0 Å². The topological polar surface area (TPSA) is 68.8 Å². The number of nitrogens with zero attached hydrogens (tertiary/aromatic N) is 3. The summed E-state index contributed by atoms with van der Waals surface area (Å²) in [5, 5.41) is 3.35. The maximum Gasteiger partial charge on any atom is 0.419 e. The average molecular weight is 337 g/mol. The second-order valence-electron chi connectivity index (χ2n) is 6.43. The van der Waals surface area contributed by atoms with Crippen molar-refractivity contribution in [2.24, 2.45) is 11.8 Å². The minimum absolute atomic E-state index is 0.342.